The van der Waals surface area contributed by atoms with E-state index < -0.39 is 28.5 Å². The Morgan fingerprint density at radius 3 is 2.13 bits per heavy atom. The summed E-state index contributed by atoms with van der Waals surface area (Å²) in [5, 5.41) is 2.57. The Morgan fingerprint density at radius 1 is 0.949 bits per heavy atom. The predicted molar refractivity (Wildman–Crippen MR) is 153 cm³/mol. The SMILES string of the molecule is CNC(=O)[C@@H](C)N(Cc1ccc(Br)cc1)C(=O)CN(c1ccc(C)cc1)S(=O)(=O)c1ccc(OC)c(OC)c1. The first-order chi connectivity index (χ1) is 18.5. The average molecular weight is 619 g/mol. The molecule has 9 nitrogen and oxygen atoms in total. The minimum atomic E-state index is -4.24. The van der Waals surface area contributed by atoms with E-state index >= 15 is 0 Å². The van der Waals surface area contributed by atoms with E-state index in [9.17, 15) is 18.0 Å². The lowest BCUT2D eigenvalue weighted by Crippen LogP contribution is -2.50. The second-order valence-corrected chi connectivity index (χ2v) is 11.6. The molecule has 3 aromatic carbocycles. The van der Waals surface area contributed by atoms with E-state index in [1.165, 1.54) is 44.4 Å². The van der Waals surface area contributed by atoms with Crippen LogP contribution in [0.5, 0.6) is 11.5 Å². The molecule has 0 bridgehead atoms. The number of aryl methyl sites for hydroxylation is 1. The van der Waals surface area contributed by atoms with Crippen LogP contribution in [0.3, 0.4) is 0 Å². The summed E-state index contributed by atoms with van der Waals surface area (Å²) in [4.78, 5) is 27.7. The van der Waals surface area contributed by atoms with Crippen LogP contribution in [-0.4, -0.2) is 59.0 Å². The van der Waals surface area contributed by atoms with Gasteiger partial charge in [0.05, 0.1) is 24.8 Å². The van der Waals surface area contributed by atoms with Crippen molar-refractivity contribution in [2.75, 3.05) is 32.1 Å². The van der Waals surface area contributed by atoms with Crippen LogP contribution in [0.2, 0.25) is 0 Å². The Balaban J connectivity index is 2.06. The van der Waals surface area contributed by atoms with Crippen molar-refractivity contribution < 1.29 is 27.5 Å². The van der Waals surface area contributed by atoms with Gasteiger partial charge in [0.2, 0.25) is 11.8 Å². The number of sulfonamides is 1. The van der Waals surface area contributed by atoms with Gasteiger partial charge < -0.3 is 19.7 Å². The van der Waals surface area contributed by atoms with E-state index in [1.807, 2.05) is 31.2 Å². The minimum absolute atomic E-state index is 0.0765. The zero-order valence-electron chi connectivity index (χ0n) is 22.5. The Bertz CT molecular complexity index is 1410. The summed E-state index contributed by atoms with van der Waals surface area (Å²) in [6.45, 7) is 3.07. The molecular weight excluding hydrogens is 586 g/mol. The molecule has 1 atom stereocenters. The number of nitrogens with zero attached hydrogens (tertiary/aromatic N) is 2. The maximum absolute atomic E-state index is 14.0. The number of rotatable bonds is 11. The zero-order chi connectivity index (χ0) is 28.7. The van der Waals surface area contributed by atoms with Crippen molar-refractivity contribution in [2.45, 2.75) is 31.3 Å². The van der Waals surface area contributed by atoms with E-state index in [-0.39, 0.29) is 23.1 Å². The highest BCUT2D eigenvalue weighted by Crippen LogP contribution is 2.32. The number of carbonyl (C=O) groups excluding carboxylic acids is 2. The molecule has 39 heavy (non-hydrogen) atoms. The van der Waals surface area contributed by atoms with E-state index in [4.69, 9.17) is 9.47 Å². The Labute approximate surface area is 237 Å². The summed E-state index contributed by atoms with van der Waals surface area (Å²) in [6, 6.07) is 17.5. The highest BCUT2D eigenvalue weighted by Gasteiger charge is 2.32. The summed E-state index contributed by atoms with van der Waals surface area (Å²) in [5.74, 6) is -0.308. The van der Waals surface area contributed by atoms with Crippen molar-refractivity contribution in [2.24, 2.45) is 0 Å². The Hall–Kier alpha value is -3.57. The maximum atomic E-state index is 14.0. The van der Waals surface area contributed by atoms with Crippen LogP contribution in [0, 0.1) is 6.92 Å². The third-order valence-electron chi connectivity index (χ3n) is 6.22. The molecule has 0 aliphatic rings. The van der Waals surface area contributed by atoms with Gasteiger partial charge in [0, 0.05) is 24.1 Å². The first-order valence-electron chi connectivity index (χ1n) is 12.1. The molecular formula is C28H32BrN3O6S. The summed E-state index contributed by atoms with van der Waals surface area (Å²) >= 11 is 3.40. The molecule has 0 saturated carbocycles. The summed E-state index contributed by atoms with van der Waals surface area (Å²) in [7, 11) is 0.115. The van der Waals surface area contributed by atoms with Gasteiger partial charge in [-0.05, 0) is 55.8 Å². The van der Waals surface area contributed by atoms with Gasteiger partial charge in [0.25, 0.3) is 10.0 Å². The highest BCUT2D eigenvalue weighted by molar-refractivity contribution is 9.10. The Kier molecular flexibility index (Phi) is 9.98. The fraction of sp³-hybridized carbons (Fsp3) is 0.286. The average Bonchev–Trinajstić information content (AvgIpc) is 2.94. The van der Waals surface area contributed by atoms with Crippen LogP contribution in [0.25, 0.3) is 0 Å². The van der Waals surface area contributed by atoms with Crippen LogP contribution in [0.1, 0.15) is 18.1 Å². The van der Waals surface area contributed by atoms with Gasteiger partial charge in [-0.1, -0.05) is 45.8 Å². The number of hydrogen-bond acceptors (Lipinski definition) is 6. The second kappa shape index (κ2) is 13.0. The number of likely N-dealkylation sites (N-methyl/N-ethyl adjacent to an activating group) is 1. The van der Waals surface area contributed by atoms with Gasteiger partial charge in [-0.25, -0.2) is 8.42 Å². The van der Waals surface area contributed by atoms with Crippen molar-refractivity contribution in [3.63, 3.8) is 0 Å². The lowest BCUT2D eigenvalue weighted by molar-refractivity contribution is -0.139. The molecule has 11 heteroatoms. The molecule has 0 unspecified atom stereocenters. The number of ether oxygens (including phenoxy) is 2. The normalized spacial score (nSPS) is 11.8. The lowest BCUT2D eigenvalue weighted by Gasteiger charge is -2.32. The number of hydrogen-bond donors (Lipinski definition) is 1. The zero-order valence-corrected chi connectivity index (χ0v) is 24.9. The van der Waals surface area contributed by atoms with E-state index in [1.54, 1.807) is 31.2 Å². The van der Waals surface area contributed by atoms with Crippen LogP contribution in [-0.2, 0) is 26.2 Å². The molecule has 0 aromatic heterocycles. The number of nitrogens with one attached hydrogen (secondary N) is 1. The van der Waals surface area contributed by atoms with Gasteiger partial charge in [-0.2, -0.15) is 0 Å². The number of halogens is 1. The van der Waals surface area contributed by atoms with Gasteiger partial charge in [0.1, 0.15) is 12.6 Å². The molecule has 3 aromatic rings. The number of methoxy groups -OCH3 is 2. The molecule has 0 saturated heterocycles. The lowest BCUT2D eigenvalue weighted by atomic mass is 10.1. The van der Waals surface area contributed by atoms with Crippen LogP contribution < -0.4 is 19.1 Å². The molecule has 0 heterocycles. The molecule has 0 radical (unpaired) electrons. The third-order valence-corrected chi connectivity index (χ3v) is 8.52. The highest BCUT2D eigenvalue weighted by atomic mass is 79.9. The summed E-state index contributed by atoms with van der Waals surface area (Å²) < 4.78 is 40.4. The van der Waals surface area contributed by atoms with E-state index in [0.29, 0.717) is 11.4 Å². The number of anilines is 1. The topological polar surface area (TPSA) is 105 Å². The van der Waals surface area contributed by atoms with E-state index in [0.717, 1.165) is 19.9 Å². The molecule has 0 aliphatic carbocycles. The van der Waals surface area contributed by atoms with Crippen molar-refractivity contribution in [1.29, 1.82) is 0 Å². The van der Waals surface area contributed by atoms with Crippen molar-refractivity contribution >= 4 is 43.5 Å². The molecule has 0 fully saturated rings. The van der Waals surface area contributed by atoms with Crippen molar-refractivity contribution in [3.05, 3.63) is 82.3 Å². The largest absolute Gasteiger partial charge is 0.493 e. The van der Waals surface area contributed by atoms with Crippen LogP contribution in [0.4, 0.5) is 5.69 Å². The molecule has 0 spiro atoms. The number of carbonyl (C=O) groups is 2. The van der Waals surface area contributed by atoms with Crippen molar-refractivity contribution in [3.8, 4) is 11.5 Å². The minimum Gasteiger partial charge on any atom is -0.493 e. The van der Waals surface area contributed by atoms with Gasteiger partial charge >= 0.3 is 0 Å². The third kappa shape index (κ3) is 7.10. The predicted octanol–water partition coefficient (Wildman–Crippen LogP) is 4.13. The van der Waals surface area contributed by atoms with Gasteiger partial charge in [-0.3, -0.25) is 13.9 Å². The Morgan fingerprint density at radius 2 is 1.56 bits per heavy atom. The fourth-order valence-corrected chi connectivity index (χ4v) is 5.62. The van der Waals surface area contributed by atoms with Crippen LogP contribution >= 0.6 is 15.9 Å². The maximum Gasteiger partial charge on any atom is 0.264 e. The first kappa shape index (κ1) is 30.0. The fourth-order valence-electron chi connectivity index (χ4n) is 3.92. The smallest absolute Gasteiger partial charge is 0.264 e. The second-order valence-electron chi connectivity index (χ2n) is 8.80. The summed E-state index contributed by atoms with van der Waals surface area (Å²) in [6.07, 6.45) is 0. The number of benzene rings is 3. The first-order valence-corrected chi connectivity index (χ1v) is 14.3. The molecule has 0 aliphatic heterocycles. The molecule has 208 valence electrons. The van der Waals surface area contributed by atoms with Gasteiger partial charge in [-0.15, -0.1) is 0 Å². The number of amides is 2. The van der Waals surface area contributed by atoms with Crippen molar-refractivity contribution in [1.82, 2.24) is 10.2 Å². The van der Waals surface area contributed by atoms with E-state index in [2.05, 4.69) is 21.2 Å². The standard InChI is InChI=1S/C28H32BrN3O6S/c1-19-6-12-23(13-7-19)32(39(35,36)24-14-15-25(37-4)26(16-24)38-5)18-27(33)31(20(2)28(34)30-3)17-21-8-10-22(29)11-9-21/h6-16,20H,17-18H2,1-5H3,(H,30,34)/t20-/m1/s1. The molecule has 3 rings (SSSR count). The van der Waals surface area contributed by atoms with Gasteiger partial charge in [0.15, 0.2) is 11.5 Å². The summed E-state index contributed by atoms with van der Waals surface area (Å²) in [5.41, 5.74) is 2.02. The monoisotopic (exact) mass is 617 g/mol. The van der Waals surface area contributed by atoms with Crippen LogP contribution in [0.15, 0.2) is 76.1 Å². The quantitative estimate of drug-likeness (QED) is 0.347. The molecule has 1 N–H and O–H groups in total. The molecule has 2 amide bonds.